The number of anilines is 1. The number of carboxylic acid groups (broad SMARTS) is 1. The van der Waals surface area contributed by atoms with Crippen molar-refractivity contribution >= 4 is 23.6 Å². The lowest BCUT2D eigenvalue weighted by atomic mass is 10.1. The van der Waals surface area contributed by atoms with Crippen LogP contribution in [-0.4, -0.2) is 50.5 Å². The monoisotopic (exact) mass is 397 g/mol. The second-order valence-corrected chi connectivity index (χ2v) is 6.94. The predicted octanol–water partition coefficient (Wildman–Crippen LogP) is 2.49. The Labute approximate surface area is 167 Å². The zero-order valence-corrected chi connectivity index (χ0v) is 15.9. The largest absolute Gasteiger partial charge is 0.465 e. The van der Waals surface area contributed by atoms with Crippen LogP contribution in [0.25, 0.3) is 11.4 Å². The van der Waals surface area contributed by atoms with Crippen molar-refractivity contribution in [1.82, 2.24) is 14.9 Å². The second kappa shape index (κ2) is 9.13. The molecule has 0 bridgehead atoms. The summed E-state index contributed by atoms with van der Waals surface area (Å²) < 4.78 is 0. The van der Waals surface area contributed by atoms with Gasteiger partial charge in [-0.3, -0.25) is 19.6 Å². The minimum Gasteiger partial charge on any atom is -0.465 e. The van der Waals surface area contributed by atoms with E-state index in [1.165, 1.54) is 23.4 Å². The highest BCUT2D eigenvalue weighted by Gasteiger charge is 2.26. The molecule has 1 aliphatic rings. The maximum absolute atomic E-state index is 12.2. The lowest BCUT2D eigenvalue weighted by Crippen LogP contribution is -2.39. The molecule has 0 aliphatic heterocycles. The third-order valence-corrected chi connectivity index (χ3v) is 4.95. The van der Waals surface area contributed by atoms with Crippen LogP contribution in [0, 0.1) is 0 Å². The lowest BCUT2D eigenvalue weighted by molar-refractivity contribution is -0.116. The van der Waals surface area contributed by atoms with Gasteiger partial charge in [0, 0.05) is 30.8 Å². The number of primary amides is 1. The van der Waals surface area contributed by atoms with E-state index in [0.717, 1.165) is 25.7 Å². The van der Waals surface area contributed by atoms with Gasteiger partial charge in [0.05, 0.1) is 23.3 Å². The van der Waals surface area contributed by atoms with Gasteiger partial charge in [-0.25, -0.2) is 4.79 Å². The molecule has 0 spiro atoms. The summed E-state index contributed by atoms with van der Waals surface area (Å²) >= 11 is 0. The standard InChI is InChI=1S/C20H23N5O4/c21-19(27)13-7-9-22-17(11-13)16-6-5-14(12-23-16)24-18(26)8-10-25(20(28)29)15-3-1-2-4-15/h5-7,9,11-12,15H,1-4,8,10H2,(H2,21,27)(H,24,26)(H,28,29). The van der Waals surface area contributed by atoms with E-state index in [-0.39, 0.29) is 24.9 Å². The number of nitrogens with zero attached hydrogens (tertiary/aromatic N) is 3. The maximum Gasteiger partial charge on any atom is 0.407 e. The van der Waals surface area contributed by atoms with E-state index in [0.29, 0.717) is 22.6 Å². The molecule has 3 rings (SSSR count). The number of hydrogen-bond acceptors (Lipinski definition) is 5. The van der Waals surface area contributed by atoms with Gasteiger partial charge < -0.3 is 21.1 Å². The molecule has 0 aromatic carbocycles. The molecule has 1 saturated carbocycles. The Kier molecular flexibility index (Phi) is 6.38. The molecule has 2 aromatic heterocycles. The number of hydrogen-bond donors (Lipinski definition) is 3. The summed E-state index contributed by atoms with van der Waals surface area (Å²) in [5, 5.41) is 12.1. The first-order chi connectivity index (χ1) is 13.9. The van der Waals surface area contributed by atoms with Crippen LogP contribution in [0.4, 0.5) is 10.5 Å². The van der Waals surface area contributed by atoms with Gasteiger partial charge in [0.2, 0.25) is 11.8 Å². The quantitative estimate of drug-likeness (QED) is 0.656. The van der Waals surface area contributed by atoms with Crippen LogP contribution in [0.2, 0.25) is 0 Å². The highest BCUT2D eigenvalue weighted by molar-refractivity contribution is 5.93. The molecule has 0 unspecified atom stereocenters. The van der Waals surface area contributed by atoms with Crippen LogP contribution in [0.5, 0.6) is 0 Å². The zero-order valence-electron chi connectivity index (χ0n) is 15.9. The minimum atomic E-state index is -0.985. The first-order valence-corrected chi connectivity index (χ1v) is 9.46. The predicted molar refractivity (Wildman–Crippen MR) is 106 cm³/mol. The fraction of sp³-hybridized carbons (Fsp3) is 0.350. The molecule has 9 heteroatoms. The second-order valence-electron chi connectivity index (χ2n) is 6.94. The molecule has 4 N–H and O–H groups in total. The number of nitrogens with two attached hydrogens (primary N) is 1. The summed E-state index contributed by atoms with van der Waals surface area (Å²) in [6.45, 7) is 0.168. The number of nitrogens with one attached hydrogen (secondary N) is 1. The van der Waals surface area contributed by atoms with E-state index in [1.54, 1.807) is 18.2 Å². The van der Waals surface area contributed by atoms with E-state index in [1.807, 2.05) is 0 Å². The molecule has 2 aromatic rings. The molecule has 29 heavy (non-hydrogen) atoms. The van der Waals surface area contributed by atoms with Gasteiger partial charge in [0.1, 0.15) is 0 Å². The van der Waals surface area contributed by atoms with Gasteiger partial charge >= 0.3 is 6.09 Å². The average molecular weight is 397 g/mol. The number of carbonyl (C=O) groups excluding carboxylic acids is 2. The molecule has 152 valence electrons. The minimum absolute atomic E-state index is 0.00455. The summed E-state index contributed by atoms with van der Waals surface area (Å²) in [7, 11) is 0. The molecule has 0 radical (unpaired) electrons. The Morgan fingerprint density at radius 1 is 1.14 bits per heavy atom. The van der Waals surface area contributed by atoms with E-state index < -0.39 is 12.0 Å². The first kappa shape index (κ1) is 20.2. The van der Waals surface area contributed by atoms with Gasteiger partial charge in [-0.1, -0.05) is 12.8 Å². The molecule has 9 nitrogen and oxygen atoms in total. The fourth-order valence-corrected chi connectivity index (χ4v) is 3.44. The third kappa shape index (κ3) is 5.28. The van der Waals surface area contributed by atoms with Crippen LogP contribution < -0.4 is 11.1 Å². The van der Waals surface area contributed by atoms with Crippen LogP contribution in [0.15, 0.2) is 36.7 Å². The molecular formula is C20H23N5O4. The van der Waals surface area contributed by atoms with E-state index in [4.69, 9.17) is 5.73 Å². The Bertz CT molecular complexity index is 894. The average Bonchev–Trinajstić information content (AvgIpc) is 3.23. The summed E-state index contributed by atoms with van der Waals surface area (Å²) in [4.78, 5) is 44.7. The Balaban J connectivity index is 1.57. The SMILES string of the molecule is NC(=O)c1ccnc(-c2ccc(NC(=O)CCN(C(=O)O)C3CCCC3)cn2)c1. The topological polar surface area (TPSA) is 139 Å². The summed E-state index contributed by atoms with van der Waals surface area (Å²) in [6, 6.07) is 6.42. The van der Waals surface area contributed by atoms with Gasteiger partial charge in [0.15, 0.2) is 0 Å². The third-order valence-electron chi connectivity index (χ3n) is 4.95. The maximum atomic E-state index is 12.2. The number of amides is 3. The number of carbonyl (C=O) groups is 3. The molecule has 0 atom stereocenters. The van der Waals surface area contributed by atoms with Crippen molar-refractivity contribution in [3.8, 4) is 11.4 Å². The normalized spacial score (nSPS) is 13.8. The van der Waals surface area contributed by atoms with Crippen molar-refractivity contribution in [3.63, 3.8) is 0 Å². The fourth-order valence-electron chi connectivity index (χ4n) is 3.44. The highest BCUT2D eigenvalue weighted by Crippen LogP contribution is 2.24. The van der Waals surface area contributed by atoms with E-state index >= 15 is 0 Å². The number of aromatic nitrogens is 2. The zero-order chi connectivity index (χ0) is 20.8. The molecule has 2 heterocycles. The van der Waals surface area contributed by atoms with Crippen molar-refractivity contribution in [1.29, 1.82) is 0 Å². The molecule has 3 amide bonds. The molecule has 1 aliphatic carbocycles. The van der Waals surface area contributed by atoms with Crippen molar-refractivity contribution in [3.05, 3.63) is 42.2 Å². The van der Waals surface area contributed by atoms with Crippen LogP contribution in [0.1, 0.15) is 42.5 Å². The first-order valence-electron chi connectivity index (χ1n) is 9.46. The summed E-state index contributed by atoms with van der Waals surface area (Å²) in [6.07, 6.45) is 5.80. The Morgan fingerprint density at radius 3 is 2.52 bits per heavy atom. The van der Waals surface area contributed by atoms with E-state index in [2.05, 4.69) is 15.3 Å². The molecule has 0 saturated heterocycles. The van der Waals surface area contributed by atoms with Gasteiger partial charge in [-0.2, -0.15) is 0 Å². The van der Waals surface area contributed by atoms with Crippen LogP contribution >= 0.6 is 0 Å². The highest BCUT2D eigenvalue weighted by atomic mass is 16.4. The number of pyridine rings is 2. The van der Waals surface area contributed by atoms with Crippen molar-refractivity contribution in [2.75, 3.05) is 11.9 Å². The Hall–Kier alpha value is -3.49. The Morgan fingerprint density at radius 2 is 1.90 bits per heavy atom. The van der Waals surface area contributed by atoms with Gasteiger partial charge in [-0.15, -0.1) is 0 Å². The summed E-state index contributed by atoms with van der Waals surface area (Å²) in [5.41, 5.74) is 7.12. The van der Waals surface area contributed by atoms with E-state index in [9.17, 15) is 19.5 Å². The van der Waals surface area contributed by atoms with Crippen molar-refractivity contribution in [2.45, 2.75) is 38.1 Å². The van der Waals surface area contributed by atoms with Gasteiger partial charge in [-0.05, 0) is 37.1 Å². The van der Waals surface area contributed by atoms with Crippen molar-refractivity contribution < 1.29 is 19.5 Å². The van der Waals surface area contributed by atoms with Gasteiger partial charge in [0.25, 0.3) is 0 Å². The molecular weight excluding hydrogens is 374 g/mol. The summed E-state index contributed by atoms with van der Waals surface area (Å²) in [5.74, 6) is -0.830. The number of rotatable bonds is 7. The van der Waals surface area contributed by atoms with Crippen LogP contribution in [0.3, 0.4) is 0 Å². The molecule has 1 fully saturated rings. The lowest BCUT2D eigenvalue weighted by Gasteiger charge is -2.25. The van der Waals surface area contributed by atoms with Crippen LogP contribution in [-0.2, 0) is 4.79 Å². The smallest absolute Gasteiger partial charge is 0.407 e. The van der Waals surface area contributed by atoms with Crippen molar-refractivity contribution in [2.24, 2.45) is 5.73 Å².